The zero-order valence-electron chi connectivity index (χ0n) is 8.92. The molecule has 0 aliphatic rings. The van der Waals surface area contributed by atoms with E-state index in [0.29, 0.717) is 0 Å². The maximum Gasteiger partial charge on any atom is 0.274 e. The van der Waals surface area contributed by atoms with E-state index in [9.17, 15) is 8.42 Å². The molecule has 1 aromatic rings. The highest BCUT2D eigenvalue weighted by atomic mass is 32.2. The molecule has 16 heavy (non-hydrogen) atoms. The molecule has 0 radical (unpaired) electrons. The van der Waals surface area contributed by atoms with Crippen LogP contribution in [0.2, 0.25) is 0 Å². The minimum Gasteiger partial charge on any atom is -0.395 e. The molecule has 1 unspecified atom stereocenters. The summed E-state index contributed by atoms with van der Waals surface area (Å²) in [4.78, 5) is 0. The Bertz CT molecular complexity index is 431. The number of anilines is 1. The number of nitrogens with one attached hydrogen (secondary N) is 1. The molecule has 5 nitrogen and oxygen atoms in total. The summed E-state index contributed by atoms with van der Waals surface area (Å²) >= 11 is 0. The zero-order valence-corrected chi connectivity index (χ0v) is 9.74. The summed E-state index contributed by atoms with van der Waals surface area (Å²) in [6, 6.07) is 8.96. The second kappa shape index (κ2) is 4.82. The smallest absolute Gasteiger partial charge is 0.274 e. The van der Waals surface area contributed by atoms with Gasteiger partial charge in [0, 0.05) is 12.2 Å². The lowest BCUT2D eigenvalue weighted by Crippen LogP contribution is -2.45. The van der Waals surface area contributed by atoms with E-state index in [4.69, 9.17) is 9.66 Å². The van der Waals surface area contributed by atoms with Gasteiger partial charge in [-0.25, -0.2) is 0 Å². The third kappa shape index (κ3) is 2.94. The van der Waals surface area contributed by atoms with E-state index in [1.54, 1.807) is 24.3 Å². The van der Waals surface area contributed by atoms with Crippen molar-refractivity contribution in [3.8, 4) is 0 Å². The van der Waals surface area contributed by atoms with Gasteiger partial charge in [-0.3, -0.25) is 4.55 Å². The van der Waals surface area contributed by atoms with Gasteiger partial charge < -0.3 is 10.4 Å². The summed E-state index contributed by atoms with van der Waals surface area (Å²) in [6.45, 7) is 0.566. The number of hydrogen-bond acceptors (Lipinski definition) is 4. The van der Waals surface area contributed by atoms with E-state index < -0.39 is 21.5 Å². The molecule has 0 heterocycles. The molecule has 0 spiro atoms. The van der Waals surface area contributed by atoms with Crippen LogP contribution in [0.4, 0.5) is 5.69 Å². The third-order valence-corrected chi connectivity index (χ3v) is 3.92. The average Bonchev–Trinajstić information content (AvgIpc) is 2.26. The van der Waals surface area contributed by atoms with Crippen molar-refractivity contribution in [2.24, 2.45) is 0 Å². The molecule has 0 saturated heterocycles. The van der Waals surface area contributed by atoms with Crippen LogP contribution in [0.5, 0.6) is 0 Å². The summed E-state index contributed by atoms with van der Waals surface area (Å²) in [5.74, 6) is 0. The summed E-state index contributed by atoms with van der Waals surface area (Å²) in [5.41, 5.74) is 0.728. The predicted octanol–water partition coefficient (Wildman–Crippen LogP) is 0.737. The van der Waals surface area contributed by atoms with E-state index in [1.807, 2.05) is 6.07 Å². The van der Waals surface area contributed by atoms with Crippen molar-refractivity contribution in [2.75, 3.05) is 18.5 Å². The van der Waals surface area contributed by atoms with Gasteiger partial charge in [-0.2, -0.15) is 8.42 Å². The van der Waals surface area contributed by atoms with E-state index in [1.165, 1.54) is 6.92 Å². The van der Waals surface area contributed by atoms with Crippen LogP contribution in [0, 0.1) is 0 Å². The van der Waals surface area contributed by atoms with Crippen LogP contribution in [0.3, 0.4) is 0 Å². The Hall–Kier alpha value is -1.11. The quantitative estimate of drug-likeness (QED) is 0.666. The van der Waals surface area contributed by atoms with Crippen LogP contribution in [0.1, 0.15) is 6.92 Å². The molecule has 0 aliphatic heterocycles. The first-order valence-electron chi connectivity index (χ1n) is 4.76. The molecule has 0 aliphatic carbocycles. The van der Waals surface area contributed by atoms with Crippen LogP contribution in [-0.4, -0.2) is 36.0 Å². The average molecular weight is 245 g/mol. The number of aliphatic hydroxyl groups is 1. The molecule has 1 aromatic carbocycles. The summed E-state index contributed by atoms with van der Waals surface area (Å²) < 4.78 is 29.5. The molecule has 0 aromatic heterocycles. The van der Waals surface area contributed by atoms with Crippen LogP contribution in [0.25, 0.3) is 0 Å². The SMILES string of the molecule is CC(CO)(CNc1ccccc1)S(=O)(=O)O. The van der Waals surface area contributed by atoms with E-state index >= 15 is 0 Å². The number of aliphatic hydroxyl groups excluding tert-OH is 1. The lowest BCUT2D eigenvalue weighted by atomic mass is 10.2. The molecular formula is C10H15NO4S. The fourth-order valence-corrected chi connectivity index (χ4v) is 1.49. The molecule has 6 heteroatoms. The number of hydrogen-bond donors (Lipinski definition) is 3. The fourth-order valence-electron chi connectivity index (χ4n) is 1.07. The molecule has 1 atom stereocenters. The molecule has 0 fully saturated rings. The highest BCUT2D eigenvalue weighted by Crippen LogP contribution is 2.16. The Morgan fingerprint density at radius 2 is 1.88 bits per heavy atom. The van der Waals surface area contributed by atoms with E-state index in [0.717, 1.165) is 5.69 Å². The monoisotopic (exact) mass is 245 g/mol. The highest BCUT2D eigenvalue weighted by Gasteiger charge is 2.37. The Balaban J connectivity index is 2.74. The molecule has 3 N–H and O–H groups in total. The van der Waals surface area contributed by atoms with E-state index in [-0.39, 0.29) is 6.54 Å². The predicted molar refractivity (Wildman–Crippen MR) is 62.0 cm³/mol. The lowest BCUT2D eigenvalue weighted by molar-refractivity contribution is 0.246. The van der Waals surface area contributed by atoms with Crippen molar-refractivity contribution in [1.29, 1.82) is 0 Å². The number of para-hydroxylation sites is 1. The topological polar surface area (TPSA) is 86.6 Å². The number of benzene rings is 1. The first-order chi connectivity index (χ1) is 7.39. The van der Waals surface area contributed by atoms with Crippen LogP contribution >= 0.6 is 0 Å². The first-order valence-corrected chi connectivity index (χ1v) is 6.20. The summed E-state index contributed by atoms with van der Waals surface area (Å²) in [7, 11) is -4.30. The lowest BCUT2D eigenvalue weighted by Gasteiger charge is -2.24. The van der Waals surface area contributed by atoms with Crippen molar-refractivity contribution < 1.29 is 18.1 Å². The van der Waals surface area contributed by atoms with Gasteiger partial charge in [-0.15, -0.1) is 0 Å². The van der Waals surface area contributed by atoms with Crippen molar-refractivity contribution in [1.82, 2.24) is 0 Å². The Morgan fingerprint density at radius 3 is 2.31 bits per heavy atom. The van der Waals surface area contributed by atoms with Crippen LogP contribution in [0.15, 0.2) is 30.3 Å². The van der Waals surface area contributed by atoms with Gasteiger partial charge in [0.1, 0.15) is 4.75 Å². The van der Waals surface area contributed by atoms with Gasteiger partial charge >= 0.3 is 0 Å². The minimum atomic E-state index is -4.30. The van der Waals surface area contributed by atoms with Gasteiger partial charge in [0.25, 0.3) is 10.1 Å². The number of rotatable bonds is 5. The molecule has 0 bridgehead atoms. The highest BCUT2D eigenvalue weighted by molar-refractivity contribution is 7.87. The summed E-state index contributed by atoms with van der Waals surface area (Å²) in [6.07, 6.45) is 0. The normalized spacial score (nSPS) is 15.4. The van der Waals surface area contributed by atoms with Crippen molar-refractivity contribution >= 4 is 15.8 Å². The molecule has 0 amide bonds. The van der Waals surface area contributed by atoms with Gasteiger partial charge in [0.15, 0.2) is 0 Å². The van der Waals surface area contributed by atoms with Crippen molar-refractivity contribution in [2.45, 2.75) is 11.7 Å². The second-order valence-corrected chi connectivity index (χ2v) is 5.74. The van der Waals surface area contributed by atoms with E-state index in [2.05, 4.69) is 5.32 Å². The van der Waals surface area contributed by atoms with Crippen LogP contribution in [-0.2, 0) is 10.1 Å². The standard InChI is InChI=1S/C10H15NO4S/c1-10(8-12,16(13,14)15)7-11-9-5-3-2-4-6-9/h2-6,11-12H,7-8H2,1H3,(H,13,14,15). The zero-order chi connectivity index (χ0) is 12.2. The second-order valence-electron chi connectivity index (χ2n) is 3.80. The first kappa shape index (κ1) is 13.0. The van der Waals surface area contributed by atoms with Gasteiger partial charge in [-0.1, -0.05) is 18.2 Å². The van der Waals surface area contributed by atoms with Crippen LogP contribution < -0.4 is 5.32 Å². The molecule has 1 rings (SSSR count). The maximum absolute atomic E-state index is 11.1. The Morgan fingerprint density at radius 1 is 1.31 bits per heavy atom. The fraction of sp³-hybridized carbons (Fsp3) is 0.400. The minimum absolute atomic E-state index is 0.0631. The van der Waals surface area contributed by atoms with Crippen molar-refractivity contribution in [3.63, 3.8) is 0 Å². The molecular weight excluding hydrogens is 230 g/mol. The van der Waals surface area contributed by atoms with Crippen molar-refractivity contribution in [3.05, 3.63) is 30.3 Å². The third-order valence-electron chi connectivity index (χ3n) is 2.40. The molecule has 0 saturated carbocycles. The maximum atomic E-state index is 11.1. The van der Waals surface area contributed by atoms with Gasteiger partial charge in [-0.05, 0) is 19.1 Å². The summed E-state index contributed by atoms with van der Waals surface area (Å²) in [5, 5.41) is 11.9. The Labute approximate surface area is 94.9 Å². The molecule has 90 valence electrons. The van der Waals surface area contributed by atoms with Gasteiger partial charge in [0.05, 0.1) is 6.61 Å². The largest absolute Gasteiger partial charge is 0.395 e. The van der Waals surface area contributed by atoms with Gasteiger partial charge in [0.2, 0.25) is 0 Å². The Kier molecular flexibility index (Phi) is 3.90.